The molecule has 1 rings (SSSR count). The molecule has 98 valence electrons. The van der Waals surface area contributed by atoms with Crippen LogP contribution in [0.5, 0.6) is 0 Å². The van der Waals surface area contributed by atoms with Crippen LogP contribution < -0.4 is 0 Å². The van der Waals surface area contributed by atoms with Gasteiger partial charge in [-0.25, -0.2) is 0 Å². The smallest absolute Gasteiger partial charge is 0.0848 e. The number of hydrogen-bond donors (Lipinski definition) is 1. The average Bonchev–Trinajstić information content (AvgIpc) is 2.57. The molecule has 0 aliphatic heterocycles. The average molecular weight is 277 g/mol. The molecule has 0 fully saturated rings. The molecule has 1 unspecified atom stereocenters. The minimum absolute atomic E-state index is 0.342. The lowest BCUT2D eigenvalue weighted by molar-refractivity contribution is 0.197. The minimum atomic E-state index is -0.342. The Morgan fingerprint density at radius 3 is 2.76 bits per heavy atom. The van der Waals surface area contributed by atoms with Crippen molar-refractivity contribution >= 4 is 23.4 Å². The summed E-state index contributed by atoms with van der Waals surface area (Å²) >= 11 is 7.98. The van der Waals surface area contributed by atoms with Crippen LogP contribution in [-0.4, -0.2) is 32.5 Å². The Labute approximate surface area is 113 Å². The van der Waals surface area contributed by atoms with Crippen molar-refractivity contribution in [3.63, 3.8) is 0 Å². The lowest BCUT2D eigenvalue weighted by atomic mass is 10.2. The number of halogens is 1. The number of aliphatic hydroxyl groups excluding tert-OH is 1. The van der Waals surface area contributed by atoms with Gasteiger partial charge in [0.2, 0.25) is 0 Å². The highest BCUT2D eigenvalue weighted by Crippen LogP contribution is 2.22. The van der Waals surface area contributed by atoms with E-state index in [9.17, 15) is 5.11 Å². The van der Waals surface area contributed by atoms with Crippen LogP contribution in [-0.2, 0) is 13.0 Å². The van der Waals surface area contributed by atoms with Crippen molar-refractivity contribution < 1.29 is 5.11 Å². The van der Waals surface area contributed by atoms with Crippen LogP contribution in [0, 0.1) is 6.92 Å². The summed E-state index contributed by atoms with van der Waals surface area (Å²) in [5, 5.41) is 15.0. The summed E-state index contributed by atoms with van der Waals surface area (Å²) in [5.74, 6) is 1.86. The maximum atomic E-state index is 9.96. The van der Waals surface area contributed by atoms with Crippen molar-refractivity contribution in [1.29, 1.82) is 0 Å². The predicted octanol–water partition coefficient (Wildman–Crippen LogP) is 2.91. The molecule has 1 aromatic heterocycles. The van der Waals surface area contributed by atoms with Gasteiger partial charge < -0.3 is 5.11 Å². The predicted molar refractivity (Wildman–Crippen MR) is 75.0 cm³/mol. The van der Waals surface area contributed by atoms with Gasteiger partial charge in [-0.05, 0) is 26.0 Å². The van der Waals surface area contributed by atoms with Crippen LogP contribution >= 0.6 is 23.4 Å². The molecule has 0 amide bonds. The fourth-order valence-electron chi connectivity index (χ4n) is 1.71. The second kappa shape index (κ2) is 7.29. The highest BCUT2D eigenvalue weighted by atomic mass is 35.5. The zero-order valence-electron chi connectivity index (χ0n) is 10.7. The summed E-state index contributed by atoms with van der Waals surface area (Å²) in [4.78, 5) is 0. The molecule has 0 bridgehead atoms. The first kappa shape index (κ1) is 14.9. The number of aliphatic hydroxyl groups is 1. The molecule has 0 spiro atoms. The second-order valence-corrected chi connectivity index (χ2v) is 5.62. The van der Waals surface area contributed by atoms with Crippen molar-refractivity contribution in [2.75, 3.05) is 11.5 Å². The largest absolute Gasteiger partial charge is 0.392 e. The Morgan fingerprint density at radius 1 is 1.47 bits per heavy atom. The van der Waals surface area contributed by atoms with Crippen LogP contribution in [0.25, 0.3) is 0 Å². The van der Waals surface area contributed by atoms with Gasteiger partial charge in [0, 0.05) is 18.7 Å². The van der Waals surface area contributed by atoms with Crippen molar-refractivity contribution in [3.8, 4) is 0 Å². The highest BCUT2D eigenvalue weighted by Gasteiger charge is 2.16. The Balaban J connectivity index is 2.60. The lowest BCUT2D eigenvalue weighted by Gasteiger charge is -2.11. The fourth-order valence-corrected chi connectivity index (χ4v) is 2.77. The standard InChI is InChI=1S/C12H21ClN2OS/c1-4-6-17-8-10(16)7-11-12(13)9(3)14-15(11)5-2/h10,16H,4-8H2,1-3H3. The van der Waals surface area contributed by atoms with Gasteiger partial charge in [0.15, 0.2) is 0 Å². The van der Waals surface area contributed by atoms with E-state index in [-0.39, 0.29) is 6.10 Å². The molecule has 0 saturated carbocycles. The van der Waals surface area contributed by atoms with Crippen molar-refractivity contribution in [2.24, 2.45) is 0 Å². The third kappa shape index (κ3) is 4.19. The molecule has 1 N–H and O–H groups in total. The molecule has 0 aliphatic carbocycles. The topological polar surface area (TPSA) is 38.1 Å². The van der Waals surface area contributed by atoms with Gasteiger partial charge in [-0.15, -0.1) is 0 Å². The zero-order chi connectivity index (χ0) is 12.8. The number of thioether (sulfide) groups is 1. The molecular weight excluding hydrogens is 256 g/mol. The van der Waals surface area contributed by atoms with Gasteiger partial charge in [-0.2, -0.15) is 16.9 Å². The summed E-state index contributed by atoms with van der Waals surface area (Å²) in [6.45, 7) is 6.87. The van der Waals surface area contributed by atoms with E-state index in [1.165, 1.54) is 0 Å². The fraction of sp³-hybridized carbons (Fsp3) is 0.750. The van der Waals surface area contributed by atoms with E-state index in [4.69, 9.17) is 11.6 Å². The summed E-state index contributed by atoms with van der Waals surface area (Å²) in [6, 6.07) is 0. The Bertz CT molecular complexity index is 355. The first-order valence-corrected chi connectivity index (χ1v) is 7.60. The SMILES string of the molecule is CCCSCC(O)Cc1c(Cl)c(C)nn1CC. The molecule has 1 heterocycles. The Morgan fingerprint density at radius 2 is 2.18 bits per heavy atom. The van der Waals surface area contributed by atoms with Crippen LogP contribution in [0.2, 0.25) is 5.02 Å². The van der Waals surface area contributed by atoms with E-state index in [0.29, 0.717) is 11.4 Å². The van der Waals surface area contributed by atoms with Gasteiger partial charge in [-0.3, -0.25) is 4.68 Å². The monoisotopic (exact) mass is 276 g/mol. The molecular formula is C12H21ClN2OS. The van der Waals surface area contributed by atoms with Crippen molar-refractivity contribution in [2.45, 2.75) is 46.3 Å². The molecule has 0 aliphatic rings. The van der Waals surface area contributed by atoms with E-state index in [0.717, 1.165) is 35.9 Å². The number of nitrogens with zero attached hydrogens (tertiary/aromatic N) is 2. The Hall–Kier alpha value is -0.190. The van der Waals surface area contributed by atoms with Gasteiger partial charge >= 0.3 is 0 Å². The van der Waals surface area contributed by atoms with Gasteiger partial charge in [0.1, 0.15) is 0 Å². The van der Waals surface area contributed by atoms with E-state index in [1.54, 1.807) is 11.8 Å². The van der Waals surface area contributed by atoms with E-state index in [1.807, 2.05) is 18.5 Å². The van der Waals surface area contributed by atoms with Crippen molar-refractivity contribution in [1.82, 2.24) is 9.78 Å². The van der Waals surface area contributed by atoms with E-state index >= 15 is 0 Å². The first-order chi connectivity index (χ1) is 8.10. The van der Waals surface area contributed by atoms with Crippen LogP contribution in [0.4, 0.5) is 0 Å². The first-order valence-electron chi connectivity index (χ1n) is 6.07. The maximum Gasteiger partial charge on any atom is 0.0848 e. The molecule has 0 radical (unpaired) electrons. The molecule has 3 nitrogen and oxygen atoms in total. The van der Waals surface area contributed by atoms with E-state index < -0.39 is 0 Å². The van der Waals surface area contributed by atoms with Crippen LogP contribution in [0.3, 0.4) is 0 Å². The quantitative estimate of drug-likeness (QED) is 0.778. The number of aromatic nitrogens is 2. The van der Waals surface area contributed by atoms with E-state index in [2.05, 4.69) is 12.0 Å². The van der Waals surface area contributed by atoms with Crippen LogP contribution in [0.1, 0.15) is 31.7 Å². The van der Waals surface area contributed by atoms with Crippen LogP contribution in [0.15, 0.2) is 0 Å². The number of hydrogen-bond acceptors (Lipinski definition) is 3. The third-order valence-corrected chi connectivity index (χ3v) is 4.35. The van der Waals surface area contributed by atoms with Crippen molar-refractivity contribution in [3.05, 3.63) is 16.4 Å². The molecule has 0 aromatic carbocycles. The second-order valence-electron chi connectivity index (χ2n) is 4.09. The molecule has 17 heavy (non-hydrogen) atoms. The molecule has 1 aromatic rings. The molecule has 0 saturated heterocycles. The number of rotatable bonds is 7. The Kier molecular flexibility index (Phi) is 6.38. The number of aryl methyl sites for hydroxylation is 2. The summed E-state index contributed by atoms with van der Waals surface area (Å²) in [6.07, 6.45) is 1.39. The normalized spacial score (nSPS) is 13.0. The summed E-state index contributed by atoms with van der Waals surface area (Å²) in [5.41, 5.74) is 1.80. The van der Waals surface area contributed by atoms with Gasteiger partial charge in [-0.1, -0.05) is 18.5 Å². The molecule has 1 atom stereocenters. The third-order valence-electron chi connectivity index (χ3n) is 2.54. The highest BCUT2D eigenvalue weighted by molar-refractivity contribution is 7.99. The summed E-state index contributed by atoms with van der Waals surface area (Å²) in [7, 11) is 0. The molecule has 5 heteroatoms. The lowest BCUT2D eigenvalue weighted by Crippen LogP contribution is -2.17. The van der Waals surface area contributed by atoms with Gasteiger partial charge in [0.25, 0.3) is 0 Å². The minimum Gasteiger partial charge on any atom is -0.392 e. The zero-order valence-corrected chi connectivity index (χ0v) is 12.3. The maximum absolute atomic E-state index is 9.96. The summed E-state index contributed by atoms with van der Waals surface area (Å²) < 4.78 is 1.88. The van der Waals surface area contributed by atoms with Gasteiger partial charge in [0.05, 0.1) is 22.5 Å².